The number of hydrogen-bond acceptors (Lipinski definition) is 3. The van der Waals surface area contributed by atoms with E-state index in [4.69, 9.17) is 0 Å². The van der Waals surface area contributed by atoms with Crippen LogP contribution in [-0.2, 0) is 9.84 Å². The molecule has 2 aromatic carbocycles. The minimum atomic E-state index is -3.51. The molecule has 1 N–H and O–H groups in total. The van der Waals surface area contributed by atoms with Crippen molar-refractivity contribution in [3.8, 4) is 5.75 Å². The molecule has 0 atom stereocenters. The zero-order valence-electron chi connectivity index (χ0n) is 10.2. The average Bonchev–Trinajstić information content (AvgIpc) is 2.29. The summed E-state index contributed by atoms with van der Waals surface area (Å²) in [4.78, 5) is 0.492. The lowest BCUT2D eigenvalue weighted by molar-refractivity contribution is 0.475. The van der Waals surface area contributed by atoms with E-state index in [9.17, 15) is 13.5 Å². The normalized spacial score (nSPS) is 11.4. The number of aromatic hydroxyl groups is 1. The lowest BCUT2D eigenvalue weighted by Gasteiger charge is -2.08. The summed E-state index contributed by atoms with van der Waals surface area (Å²) in [5.74, 6) is 0.0505. The highest BCUT2D eigenvalue weighted by Crippen LogP contribution is 2.25. The quantitative estimate of drug-likeness (QED) is 0.905. The second-order valence-electron chi connectivity index (χ2n) is 4.27. The number of phenolic OH excluding ortho intramolecular Hbond substituents is 1. The second-order valence-corrected chi connectivity index (χ2v) is 6.18. The third-order valence-electron chi connectivity index (χ3n) is 2.77. The lowest BCUT2D eigenvalue weighted by Crippen LogP contribution is -2.04. The first-order valence-corrected chi connectivity index (χ1v) is 7.01. The summed E-state index contributed by atoms with van der Waals surface area (Å²) in [5.41, 5.74) is 1.75. The van der Waals surface area contributed by atoms with Gasteiger partial charge in [0.15, 0.2) is 0 Å². The van der Waals surface area contributed by atoms with Gasteiger partial charge in [-0.25, -0.2) is 8.42 Å². The zero-order chi connectivity index (χ0) is 13.3. The summed E-state index contributed by atoms with van der Waals surface area (Å²) < 4.78 is 24.8. The van der Waals surface area contributed by atoms with Crippen molar-refractivity contribution >= 4 is 9.84 Å². The van der Waals surface area contributed by atoms with E-state index in [-0.39, 0.29) is 10.6 Å². The average molecular weight is 262 g/mol. The third-order valence-corrected chi connectivity index (χ3v) is 4.70. The number of benzene rings is 2. The summed E-state index contributed by atoms with van der Waals surface area (Å²) in [7, 11) is -3.51. The highest BCUT2D eigenvalue weighted by Gasteiger charge is 2.19. The number of phenols is 1. The van der Waals surface area contributed by atoms with Gasteiger partial charge < -0.3 is 5.11 Å². The summed E-state index contributed by atoms with van der Waals surface area (Å²) in [6.45, 7) is 3.70. The van der Waals surface area contributed by atoms with Gasteiger partial charge in [0.25, 0.3) is 0 Å². The molecule has 18 heavy (non-hydrogen) atoms. The molecule has 0 aliphatic rings. The Morgan fingerprint density at radius 1 is 0.944 bits per heavy atom. The van der Waals surface area contributed by atoms with Crippen LogP contribution in [0.15, 0.2) is 52.3 Å². The fourth-order valence-corrected chi connectivity index (χ4v) is 3.33. The van der Waals surface area contributed by atoms with Crippen LogP contribution < -0.4 is 0 Å². The molecular weight excluding hydrogens is 248 g/mol. The number of hydrogen-bond donors (Lipinski definition) is 1. The predicted octanol–water partition coefficient (Wildman–Crippen LogP) is 2.84. The van der Waals surface area contributed by atoms with Gasteiger partial charge in [-0.3, -0.25) is 0 Å². The maximum absolute atomic E-state index is 12.4. The van der Waals surface area contributed by atoms with Crippen LogP contribution in [0.25, 0.3) is 0 Å². The summed E-state index contributed by atoms with van der Waals surface area (Å²) in [5, 5.41) is 9.19. The molecule has 3 nitrogen and oxygen atoms in total. The van der Waals surface area contributed by atoms with Crippen LogP contribution in [0.5, 0.6) is 5.75 Å². The van der Waals surface area contributed by atoms with Crippen molar-refractivity contribution in [2.75, 3.05) is 0 Å². The molecule has 0 fully saturated rings. The summed E-state index contributed by atoms with van der Waals surface area (Å²) in [6, 6.07) is 10.8. The molecule has 0 amide bonds. The summed E-state index contributed by atoms with van der Waals surface area (Å²) >= 11 is 0. The first kappa shape index (κ1) is 12.6. The molecule has 0 saturated carbocycles. The van der Waals surface area contributed by atoms with Crippen molar-refractivity contribution in [3.05, 3.63) is 53.6 Å². The van der Waals surface area contributed by atoms with Crippen molar-refractivity contribution in [1.82, 2.24) is 0 Å². The molecule has 0 aromatic heterocycles. The minimum absolute atomic E-state index is 0.0505. The predicted molar refractivity (Wildman–Crippen MR) is 69.5 cm³/mol. The molecule has 2 rings (SSSR count). The van der Waals surface area contributed by atoms with E-state index in [2.05, 4.69) is 0 Å². The van der Waals surface area contributed by atoms with E-state index in [1.807, 2.05) is 13.0 Å². The van der Waals surface area contributed by atoms with E-state index in [1.54, 1.807) is 19.1 Å². The molecular formula is C14H14O3S. The molecule has 0 heterocycles. The topological polar surface area (TPSA) is 54.4 Å². The highest BCUT2D eigenvalue weighted by molar-refractivity contribution is 7.91. The van der Waals surface area contributed by atoms with Crippen molar-refractivity contribution in [3.63, 3.8) is 0 Å². The highest BCUT2D eigenvalue weighted by atomic mass is 32.2. The Kier molecular flexibility index (Phi) is 3.13. The number of aryl methyl sites for hydroxylation is 2. The van der Waals surface area contributed by atoms with Gasteiger partial charge >= 0.3 is 0 Å². The van der Waals surface area contributed by atoms with Gasteiger partial charge in [0.2, 0.25) is 9.84 Å². The first-order valence-electron chi connectivity index (χ1n) is 5.52. The maximum Gasteiger partial charge on any atom is 0.206 e. The van der Waals surface area contributed by atoms with Crippen molar-refractivity contribution in [1.29, 1.82) is 0 Å². The largest absolute Gasteiger partial charge is 0.508 e. The number of sulfone groups is 1. The second kappa shape index (κ2) is 4.46. The van der Waals surface area contributed by atoms with E-state index < -0.39 is 9.84 Å². The van der Waals surface area contributed by atoms with Crippen LogP contribution >= 0.6 is 0 Å². The fraction of sp³-hybridized carbons (Fsp3) is 0.143. The van der Waals surface area contributed by atoms with Crippen LogP contribution in [0.2, 0.25) is 0 Å². The van der Waals surface area contributed by atoms with Gasteiger partial charge in [-0.05, 0) is 49.7 Å². The van der Waals surface area contributed by atoms with E-state index in [0.717, 1.165) is 11.1 Å². The Balaban J connectivity index is 2.58. The molecule has 0 aliphatic carbocycles. The molecule has 0 unspecified atom stereocenters. The Bertz CT molecular complexity index is 671. The molecule has 4 heteroatoms. The molecule has 2 aromatic rings. The Morgan fingerprint density at radius 2 is 1.56 bits per heavy atom. The van der Waals surface area contributed by atoms with Gasteiger partial charge in [0.05, 0.1) is 9.79 Å². The van der Waals surface area contributed by atoms with E-state index in [1.165, 1.54) is 24.3 Å². The molecule has 0 spiro atoms. The zero-order valence-corrected chi connectivity index (χ0v) is 11.0. The standard InChI is InChI=1S/C14H14O3S/c1-10-3-8-14(11(2)9-10)18(16,17)13-6-4-12(15)5-7-13/h3-9,15H,1-2H3. The monoisotopic (exact) mass is 262 g/mol. The smallest absolute Gasteiger partial charge is 0.206 e. The van der Waals surface area contributed by atoms with Crippen LogP contribution in [0.4, 0.5) is 0 Å². The van der Waals surface area contributed by atoms with Crippen LogP contribution in [0.1, 0.15) is 11.1 Å². The Hall–Kier alpha value is -1.81. The van der Waals surface area contributed by atoms with E-state index in [0.29, 0.717) is 4.90 Å². The maximum atomic E-state index is 12.4. The van der Waals surface area contributed by atoms with Gasteiger partial charge in [-0.1, -0.05) is 17.7 Å². The minimum Gasteiger partial charge on any atom is -0.508 e. The van der Waals surface area contributed by atoms with Gasteiger partial charge in [-0.15, -0.1) is 0 Å². The first-order chi connectivity index (χ1) is 8.41. The van der Waals surface area contributed by atoms with Crippen LogP contribution in [-0.4, -0.2) is 13.5 Å². The molecule has 0 saturated heterocycles. The van der Waals surface area contributed by atoms with Crippen LogP contribution in [0, 0.1) is 13.8 Å². The molecule has 0 bridgehead atoms. The van der Waals surface area contributed by atoms with Crippen molar-refractivity contribution in [2.24, 2.45) is 0 Å². The fourth-order valence-electron chi connectivity index (χ4n) is 1.85. The lowest BCUT2D eigenvalue weighted by atomic mass is 10.2. The summed E-state index contributed by atoms with van der Waals surface area (Å²) in [6.07, 6.45) is 0. The van der Waals surface area contributed by atoms with Crippen molar-refractivity contribution in [2.45, 2.75) is 23.6 Å². The molecule has 0 aliphatic heterocycles. The third kappa shape index (κ3) is 2.24. The SMILES string of the molecule is Cc1ccc(S(=O)(=O)c2ccc(O)cc2)c(C)c1. The van der Waals surface area contributed by atoms with Gasteiger partial charge in [0.1, 0.15) is 5.75 Å². The molecule has 0 radical (unpaired) electrons. The van der Waals surface area contributed by atoms with E-state index >= 15 is 0 Å². The van der Waals surface area contributed by atoms with Crippen molar-refractivity contribution < 1.29 is 13.5 Å². The number of rotatable bonds is 2. The van der Waals surface area contributed by atoms with Gasteiger partial charge in [-0.2, -0.15) is 0 Å². The molecule has 94 valence electrons. The Morgan fingerprint density at radius 3 is 2.11 bits per heavy atom. The van der Waals surface area contributed by atoms with Gasteiger partial charge in [0, 0.05) is 0 Å². The Labute approximate surface area is 107 Å². The van der Waals surface area contributed by atoms with Crippen LogP contribution in [0.3, 0.4) is 0 Å².